The third-order valence-electron chi connectivity index (χ3n) is 4.47. The third-order valence-corrected chi connectivity index (χ3v) is 4.47. The minimum absolute atomic E-state index is 0.0281. The Labute approximate surface area is 164 Å². The fourth-order valence-corrected chi connectivity index (χ4v) is 3.13. The smallest absolute Gasteiger partial charge is 0.252 e. The standard InChI is InChI=1S/C20H20N2O7/c1-27-9-12-7-16(23)18(25)19(29-12)13(8-17(21)24)14-5-10-3-4-11(28-2)6-15(10)22-20(14)26/h3-7,13,25H,8-9H2,1-2H3,(H2,21,24)(H,22,26)/t13-/m0/s1. The molecule has 0 fully saturated rings. The van der Waals surface area contributed by atoms with Crippen molar-refractivity contribution in [3.8, 4) is 11.5 Å². The van der Waals surface area contributed by atoms with Gasteiger partial charge in [0.1, 0.15) is 18.1 Å². The van der Waals surface area contributed by atoms with Crippen molar-refractivity contribution in [2.24, 2.45) is 5.73 Å². The molecule has 9 nitrogen and oxygen atoms in total. The number of benzene rings is 1. The molecule has 0 aliphatic heterocycles. The number of methoxy groups -OCH3 is 2. The fraction of sp³-hybridized carbons (Fsp3) is 0.250. The van der Waals surface area contributed by atoms with Gasteiger partial charge in [-0.3, -0.25) is 14.4 Å². The molecule has 2 aromatic heterocycles. The molecule has 152 valence electrons. The van der Waals surface area contributed by atoms with Gasteiger partial charge in [-0.2, -0.15) is 0 Å². The number of nitrogens with two attached hydrogens (primary N) is 1. The van der Waals surface area contributed by atoms with Crippen LogP contribution in [0.5, 0.6) is 11.5 Å². The highest BCUT2D eigenvalue weighted by Crippen LogP contribution is 2.32. The summed E-state index contributed by atoms with van der Waals surface area (Å²) in [6.07, 6.45) is -0.350. The van der Waals surface area contributed by atoms with E-state index >= 15 is 0 Å². The molecule has 0 saturated carbocycles. The molecule has 0 spiro atoms. The van der Waals surface area contributed by atoms with Crippen LogP contribution in [0.15, 0.2) is 44.3 Å². The Morgan fingerprint density at radius 3 is 2.66 bits per heavy atom. The number of hydrogen-bond acceptors (Lipinski definition) is 7. The molecule has 0 saturated heterocycles. The Bertz CT molecular complexity index is 1180. The van der Waals surface area contributed by atoms with Crippen molar-refractivity contribution in [1.29, 1.82) is 0 Å². The van der Waals surface area contributed by atoms with E-state index in [1.54, 1.807) is 24.3 Å². The van der Waals surface area contributed by atoms with Crippen molar-refractivity contribution >= 4 is 16.8 Å². The topological polar surface area (TPSA) is 145 Å². The molecule has 0 bridgehead atoms. The molecule has 3 rings (SSSR count). The zero-order valence-electron chi connectivity index (χ0n) is 15.9. The lowest BCUT2D eigenvalue weighted by Crippen LogP contribution is -2.23. The molecule has 1 atom stereocenters. The second kappa shape index (κ2) is 8.19. The van der Waals surface area contributed by atoms with E-state index in [0.717, 1.165) is 6.07 Å². The van der Waals surface area contributed by atoms with Gasteiger partial charge in [0.15, 0.2) is 5.76 Å². The largest absolute Gasteiger partial charge is 0.502 e. The Morgan fingerprint density at radius 2 is 2.00 bits per heavy atom. The number of fused-ring (bicyclic) bond motifs is 1. The molecule has 0 aliphatic rings. The van der Waals surface area contributed by atoms with Crippen molar-refractivity contribution < 1.29 is 23.8 Å². The summed E-state index contributed by atoms with van der Waals surface area (Å²) in [7, 11) is 2.92. The van der Waals surface area contributed by atoms with Gasteiger partial charge in [-0.25, -0.2) is 0 Å². The second-order valence-electron chi connectivity index (χ2n) is 6.45. The first-order valence-electron chi connectivity index (χ1n) is 8.68. The number of carbonyl (C=O) groups excluding carboxylic acids is 1. The van der Waals surface area contributed by atoms with E-state index < -0.39 is 28.6 Å². The Kier molecular flexibility index (Phi) is 5.69. The zero-order valence-corrected chi connectivity index (χ0v) is 15.9. The number of rotatable bonds is 7. The number of ether oxygens (including phenoxy) is 2. The molecule has 3 aromatic rings. The van der Waals surface area contributed by atoms with Gasteiger partial charge in [0.05, 0.1) is 18.5 Å². The molecule has 1 aromatic carbocycles. The third kappa shape index (κ3) is 4.14. The number of amides is 1. The Morgan fingerprint density at radius 1 is 1.24 bits per heavy atom. The summed E-state index contributed by atoms with van der Waals surface area (Å²) in [4.78, 5) is 39.3. The number of carbonyl (C=O) groups is 1. The molecule has 0 radical (unpaired) electrons. The zero-order chi connectivity index (χ0) is 21.1. The van der Waals surface area contributed by atoms with Crippen LogP contribution in [-0.4, -0.2) is 30.2 Å². The average molecular weight is 400 g/mol. The van der Waals surface area contributed by atoms with Gasteiger partial charge in [-0.15, -0.1) is 0 Å². The van der Waals surface area contributed by atoms with Crippen LogP contribution in [0.4, 0.5) is 0 Å². The molecular weight excluding hydrogens is 380 g/mol. The summed E-state index contributed by atoms with van der Waals surface area (Å²) in [5.74, 6) is -2.00. The van der Waals surface area contributed by atoms with E-state index in [4.69, 9.17) is 19.6 Å². The monoisotopic (exact) mass is 400 g/mol. The number of aromatic nitrogens is 1. The van der Waals surface area contributed by atoms with Crippen LogP contribution < -0.4 is 21.5 Å². The maximum Gasteiger partial charge on any atom is 0.252 e. The summed E-state index contributed by atoms with van der Waals surface area (Å²) < 4.78 is 15.7. The number of aromatic amines is 1. The number of aromatic hydroxyl groups is 1. The van der Waals surface area contributed by atoms with E-state index in [1.807, 2.05) is 0 Å². The van der Waals surface area contributed by atoms with E-state index in [1.165, 1.54) is 14.2 Å². The van der Waals surface area contributed by atoms with Crippen molar-refractivity contribution in [3.63, 3.8) is 0 Å². The van der Waals surface area contributed by atoms with Gasteiger partial charge in [0.25, 0.3) is 5.56 Å². The first kappa shape index (κ1) is 20.2. The van der Waals surface area contributed by atoms with Crippen LogP contribution in [0.2, 0.25) is 0 Å². The highest BCUT2D eigenvalue weighted by atomic mass is 16.5. The first-order chi connectivity index (χ1) is 13.8. The quantitative estimate of drug-likeness (QED) is 0.543. The molecule has 0 aliphatic carbocycles. The van der Waals surface area contributed by atoms with Crippen molar-refractivity contribution in [2.75, 3.05) is 14.2 Å². The van der Waals surface area contributed by atoms with E-state index in [9.17, 15) is 19.5 Å². The number of H-pyrrole nitrogens is 1. The minimum atomic E-state index is -1.06. The van der Waals surface area contributed by atoms with Crippen molar-refractivity contribution in [1.82, 2.24) is 4.98 Å². The molecule has 2 heterocycles. The highest BCUT2D eigenvalue weighted by Gasteiger charge is 2.28. The highest BCUT2D eigenvalue weighted by molar-refractivity contribution is 5.81. The van der Waals surface area contributed by atoms with Crippen molar-refractivity contribution in [2.45, 2.75) is 18.9 Å². The molecule has 9 heteroatoms. The van der Waals surface area contributed by atoms with Crippen LogP contribution in [-0.2, 0) is 16.1 Å². The fourth-order valence-electron chi connectivity index (χ4n) is 3.13. The maximum absolute atomic E-state index is 12.8. The van der Waals surface area contributed by atoms with Gasteiger partial charge >= 0.3 is 0 Å². The molecular formula is C20H20N2O7. The second-order valence-corrected chi connectivity index (χ2v) is 6.45. The van der Waals surface area contributed by atoms with Gasteiger partial charge < -0.3 is 29.7 Å². The Hall–Kier alpha value is -3.59. The maximum atomic E-state index is 12.8. The van der Waals surface area contributed by atoms with Gasteiger partial charge in [0.2, 0.25) is 17.1 Å². The summed E-state index contributed by atoms with van der Waals surface area (Å²) in [5, 5.41) is 10.9. The van der Waals surface area contributed by atoms with Crippen LogP contribution in [0.1, 0.15) is 29.4 Å². The van der Waals surface area contributed by atoms with Gasteiger partial charge in [0, 0.05) is 31.2 Å². The van der Waals surface area contributed by atoms with E-state index in [2.05, 4.69) is 4.98 Å². The first-order valence-corrected chi connectivity index (χ1v) is 8.68. The lowest BCUT2D eigenvalue weighted by atomic mass is 9.92. The number of nitrogens with one attached hydrogen (secondary N) is 1. The normalized spacial score (nSPS) is 12.1. The number of pyridine rings is 1. The summed E-state index contributed by atoms with van der Waals surface area (Å²) in [6.45, 7) is -0.0281. The Balaban J connectivity index is 2.23. The lowest BCUT2D eigenvalue weighted by molar-refractivity contribution is -0.118. The SMILES string of the molecule is COCc1cc(=O)c(O)c([C@@H](CC(N)=O)c2cc3ccc(OC)cc3[nH]c2=O)o1. The van der Waals surface area contributed by atoms with E-state index in [0.29, 0.717) is 16.7 Å². The number of hydrogen-bond donors (Lipinski definition) is 3. The minimum Gasteiger partial charge on any atom is -0.502 e. The molecule has 1 amide bonds. The predicted molar refractivity (Wildman–Crippen MR) is 104 cm³/mol. The van der Waals surface area contributed by atoms with Crippen LogP contribution in [0.25, 0.3) is 10.9 Å². The van der Waals surface area contributed by atoms with Gasteiger partial charge in [-0.1, -0.05) is 0 Å². The van der Waals surface area contributed by atoms with Crippen LogP contribution in [0.3, 0.4) is 0 Å². The summed E-state index contributed by atoms with van der Waals surface area (Å²) >= 11 is 0. The van der Waals surface area contributed by atoms with Crippen LogP contribution in [0, 0.1) is 0 Å². The van der Waals surface area contributed by atoms with E-state index in [-0.39, 0.29) is 30.1 Å². The van der Waals surface area contributed by atoms with Crippen LogP contribution >= 0.6 is 0 Å². The van der Waals surface area contributed by atoms with Gasteiger partial charge in [-0.05, 0) is 23.6 Å². The molecule has 29 heavy (non-hydrogen) atoms. The summed E-state index contributed by atoms with van der Waals surface area (Å²) in [6, 6.07) is 7.74. The average Bonchev–Trinajstić information content (AvgIpc) is 2.68. The predicted octanol–water partition coefficient (Wildman–Crippen LogP) is 1.35. The lowest BCUT2D eigenvalue weighted by Gasteiger charge is -2.17. The molecule has 4 N–H and O–H groups in total. The molecule has 0 unspecified atom stereocenters. The summed E-state index contributed by atoms with van der Waals surface area (Å²) in [5.41, 5.74) is 4.77. The van der Waals surface area contributed by atoms with Crippen molar-refractivity contribution in [3.05, 3.63) is 68.0 Å². The number of primary amides is 1.